The summed E-state index contributed by atoms with van der Waals surface area (Å²) in [5.41, 5.74) is 8.31. The number of ether oxygens (including phenoxy) is 2. The first-order valence-corrected chi connectivity index (χ1v) is 15.8. The van der Waals surface area contributed by atoms with E-state index < -0.39 is 25.9 Å². The monoisotopic (exact) mass is 617 g/mol. The molecule has 4 aromatic rings. The van der Waals surface area contributed by atoms with Gasteiger partial charge in [-0.25, -0.2) is 14.5 Å². The van der Waals surface area contributed by atoms with E-state index in [0.717, 1.165) is 23.7 Å². The number of benzene rings is 2. The number of anilines is 1. The molecule has 0 spiro atoms. The molecule has 0 saturated heterocycles. The third-order valence-corrected chi connectivity index (χ3v) is 8.38. The van der Waals surface area contributed by atoms with Crippen molar-refractivity contribution in [2.24, 2.45) is 0 Å². The number of unbranched alkanes of at least 4 members (excludes halogenated alkanes) is 1. The summed E-state index contributed by atoms with van der Waals surface area (Å²) in [5, 5.41) is 3.98. The van der Waals surface area contributed by atoms with Crippen LogP contribution in [0.25, 0.3) is 21.9 Å². The molecule has 0 aliphatic carbocycles. The molecule has 13 heteroatoms. The second kappa shape index (κ2) is 14.3. The highest BCUT2D eigenvalue weighted by atomic mass is 35.5. The van der Waals surface area contributed by atoms with Gasteiger partial charge in [-0.1, -0.05) is 49.2 Å². The molecule has 4 rings (SSSR count). The van der Waals surface area contributed by atoms with Crippen LogP contribution >= 0.6 is 19.3 Å². The van der Waals surface area contributed by atoms with E-state index in [1.807, 2.05) is 42.7 Å². The summed E-state index contributed by atoms with van der Waals surface area (Å²) in [6.07, 6.45) is 0.897. The number of aromatic nitrogens is 3. The van der Waals surface area contributed by atoms with Crippen LogP contribution in [0.15, 0.2) is 48.5 Å². The molecule has 0 unspecified atom stereocenters. The molecule has 0 aliphatic heterocycles. The second-order valence-electron chi connectivity index (χ2n) is 9.82. The van der Waals surface area contributed by atoms with Gasteiger partial charge in [-0.3, -0.25) is 9.32 Å². The Morgan fingerprint density at radius 2 is 1.93 bits per heavy atom. The number of carbonyl (C=O) groups excluding carboxylic acids is 1. The van der Waals surface area contributed by atoms with Gasteiger partial charge in [0.15, 0.2) is 5.82 Å². The molecule has 42 heavy (non-hydrogen) atoms. The first kappa shape index (κ1) is 31.7. The largest absolute Gasteiger partial charge is 0.465 e. The van der Waals surface area contributed by atoms with Crippen molar-refractivity contribution in [2.75, 3.05) is 18.9 Å². The van der Waals surface area contributed by atoms with Crippen LogP contribution in [0.1, 0.15) is 46.4 Å². The third-order valence-electron chi connectivity index (χ3n) is 6.35. The third kappa shape index (κ3) is 7.79. The maximum atomic E-state index is 14.2. The second-order valence-corrected chi connectivity index (χ2v) is 11.9. The minimum atomic E-state index is -4.15. The van der Waals surface area contributed by atoms with E-state index in [-0.39, 0.29) is 25.5 Å². The predicted octanol–water partition coefficient (Wildman–Crippen LogP) is 6.27. The summed E-state index contributed by atoms with van der Waals surface area (Å²) >= 11 is 6.13. The van der Waals surface area contributed by atoms with Crippen LogP contribution in [0.3, 0.4) is 0 Å². The molecule has 0 bridgehead atoms. The van der Waals surface area contributed by atoms with Crippen molar-refractivity contribution >= 4 is 53.1 Å². The number of nitrogens with two attached hydrogens (primary N) is 1. The van der Waals surface area contributed by atoms with Gasteiger partial charge in [-0.15, -0.1) is 0 Å². The molecule has 0 radical (unpaired) electrons. The van der Waals surface area contributed by atoms with E-state index in [2.05, 4.69) is 10.1 Å². The summed E-state index contributed by atoms with van der Waals surface area (Å²) in [6.45, 7) is 8.38. The lowest BCUT2D eigenvalue weighted by Gasteiger charge is -2.26. The first-order valence-electron chi connectivity index (χ1n) is 13.9. The van der Waals surface area contributed by atoms with Crippen LogP contribution in [-0.2, 0) is 36.5 Å². The topological polar surface area (TPSA) is 140 Å². The Bertz CT molecular complexity index is 1580. The molecule has 0 aliphatic rings. The summed E-state index contributed by atoms with van der Waals surface area (Å²) in [5.74, 6) is 0.551. The lowest BCUT2D eigenvalue weighted by Crippen LogP contribution is -2.36. The number of para-hydroxylation sites is 1. The molecule has 3 atom stereocenters. The highest BCUT2D eigenvalue weighted by Gasteiger charge is 2.35. The van der Waals surface area contributed by atoms with Crippen LogP contribution in [-0.4, -0.2) is 45.9 Å². The lowest BCUT2D eigenvalue weighted by molar-refractivity contribution is -0.145. The van der Waals surface area contributed by atoms with Crippen molar-refractivity contribution in [2.45, 2.75) is 65.8 Å². The number of carbonyl (C=O) groups is 1. The highest BCUT2D eigenvalue weighted by molar-refractivity contribution is 7.52. The number of esters is 1. The Morgan fingerprint density at radius 1 is 1.14 bits per heavy atom. The van der Waals surface area contributed by atoms with E-state index in [9.17, 15) is 9.36 Å². The molecule has 2 aromatic carbocycles. The number of rotatable bonds is 15. The zero-order chi connectivity index (χ0) is 30.3. The Kier molecular flexibility index (Phi) is 10.8. The summed E-state index contributed by atoms with van der Waals surface area (Å²) in [4.78, 5) is 21.9. The molecule has 2 heterocycles. The fourth-order valence-corrected chi connectivity index (χ4v) is 6.25. The molecular weight excluding hydrogens is 581 g/mol. The predicted molar refractivity (Wildman–Crippen MR) is 163 cm³/mol. The van der Waals surface area contributed by atoms with Crippen molar-refractivity contribution in [3.8, 4) is 5.75 Å². The molecule has 3 N–H and O–H groups in total. The van der Waals surface area contributed by atoms with Gasteiger partial charge in [0.1, 0.15) is 29.7 Å². The molecule has 0 saturated carbocycles. The standard InChI is InChI=1S/C29H37ClN5O6P/c1-5-7-15-39-29(36)20(4)34-42(37,41-22-12-10-11-21(30)16-22)40-19(3)17-35-25(18-38-6-2)33-26-27(35)23-13-8-9-14-24(23)32-28(26)31/h8-14,16,19-20H,5-7,15,17-18H2,1-4H3,(H2,31,32)(H,34,37)/t19-,20+,42+/m1/s1. The fourth-order valence-electron chi connectivity index (χ4n) is 4.41. The number of fused-ring (bicyclic) bond motifs is 3. The molecule has 2 aromatic heterocycles. The lowest BCUT2D eigenvalue weighted by atomic mass is 10.2. The number of pyridine rings is 1. The van der Waals surface area contributed by atoms with Gasteiger partial charge in [0.05, 0.1) is 30.3 Å². The van der Waals surface area contributed by atoms with Gasteiger partial charge in [0, 0.05) is 17.0 Å². The van der Waals surface area contributed by atoms with Crippen LogP contribution in [0, 0.1) is 0 Å². The van der Waals surface area contributed by atoms with Gasteiger partial charge < -0.3 is 24.3 Å². The number of nitrogens with zero attached hydrogens (tertiary/aromatic N) is 3. The molecule has 0 fully saturated rings. The Labute approximate surface area is 250 Å². The van der Waals surface area contributed by atoms with Gasteiger partial charge in [-0.2, -0.15) is 5.09 Å². The normalized spacial score (nSPS) is 14.5. The maximum Gasteiger partial charge on any atom is 0.459 e. The van der Waals surface area contributed by atoms with Crippen molar-refractivity contribution in [1.82, 2.24) is 19.6 Å². The van der Waals surface area contributed by atoms with Gasteiger partial charge in [0.2, 0.25) is 0 Å². The van der Waals surface area contributed by atoms with Gasteiger partial charge in [-0.05, 0) is 51.5 Å². The summed E-state index contributed by atoms with van der Waals surface area (Å²) in [6, 6.07) is 13.1. The van der Waals surface area contributed by atoms with E-state index >= 15 is 0 Å². The van der Waals surface area contributed by atoms with Crippen LogP contribution in [0.4, 0.5) is 5.82 Å². The Morgan fingerprint density at radius 3 is 2.67 bits per heavy atom. The van der Waals surface area contributed by atoms with E-state index in [1.165, 1.54) is 6.07 Å². The highest BCUT2D eigenvalue weighted by Crippen LogP contribution is 2.47. The zero-order valence-corrected chi connectivity index (χ0v) is 25.9. The summed E-state index contributed by atoms with van der Waals surface area (Å²) in [7, 11) is -4.15. The molecule has 226 valence electrons. The minimum absolute atomic E-state index is 0.215. The molecule has 0 amide bonds. The van der Waals surface area contributed by atoms with Crippen LogP contribution in [0.5, 0.6) is 5.75 Å². The Balaban J connectivity index is 1.66. The van der Waals surface area contributed by atoms with Crippen LogP contribution in [0.2, 0.25) is 5.02 Å². The number of imidazole rings is 1. The maximum absolute atomic E-state index is 14.2. The van der Waals surface area contributed by atoms with E-state index in [0.29, 0.717) is 34.3 Å². The fraction of sp³-hybridized carbons (Fsp3) is 0.414. The SMILES string of the molecule is CCCCOC(=O)[C@H](C)N[P@@](=O)(Oc1cccc(Cl)c1)O[C@H](C)Cn1c(COCC)nc2c(N)nc3ccccc3c21. The van der Waals surface area contributed by atoms with Crippen LogP contribution < -0.4 is 15.3 Å². The van der Waals surface area contributed by atoms with Crippen molar-refractivity contribution in [3.05, 3.63) is 59.4 Å². The minimum Gasteiger partial charge on any atom is -0.465 e. The quantitative estimate of drug-likeness (QED) is 0.0891. The van der Waals surface area contributed by atoms with E-state index in [4.69, 9.17) is 40.8 Å². The zero-order valence-electron chi connectivity index (χ0n) is 24.2. The first-order chi connectivity index (χ1) is 20.1. The molecule has 11 nitrogen and oxygen atoms in total. The van der Waals surface area contributed by atoms with Crippen molar-refractivity contribution < 1.29 is 27.9 Å². The number of halogens is 1. The van der Waals surface area contributed by atoms with E-state index in [1.54, 1.807) is 32.0 Å². The average Bonchev–Trinajstić information content (AvgIpc) is 3.30. The van der Waals surface area contributed by atoms with Crippen molar-refractivity contribution in [3.63, 3.8) is 0 Å². The summed E-state index contributed by atoms with van der Waals surface area (Å²) < 4.78 is 39.0. The Hall–Kier alpha value is -3.21. The number of hydrogen-bond acceptors (Lipinski definition) is 9. The number of nitrogens with one attached hydrogen (secondary N) is 1. The number of hydrogen-bond donors (Lipinski definition) is 2. The van der Waals surface area contributed by atoms with Gasteiger partial charge >= 0.3 is 13.7 Å². The average molecular weight is 618 g/mol. The number of nitrogen functional groups attached to an aromatic ring is 1. The molecular formula is C29H37ClN5O6P. The smallest absolute Gasteiger partial charge is 0.459 e. The van der Waals surface area contributed by atoms with Gasteiger partial charge in [0.25, 0.3) is 0 Å². The van der Waals surface area contributed by atoms with Crippen molar-refractivity contribution in [1.29, 1.82) is 0 Å².